The molecular weight excluding hydrogens is 258 g/mol. The summed E-state index contributed by atoms with van der Waals surface area (Å²) in [5.41, 5.74) is 6.51. The van der Waals surface area contributed by atoms with Gasteiger partial charge in [-0.3, -0.25) is 15.1 Å². The number of guanidine groups is 1. The first-order chi connectivity index (χ1) is 9.28. The topological polar surface area (TPSA) is 106 Å². The Morgan fingerprint density at radius 2 is 1.95 bits per heavy atom. The maximum atomic E-state index is 10.5. The van der Waals surface area contributed by atoms with Crippen LogP contribution in [-0.4, -0.2) is 29.5 Å². The number of anilines is 1. The number of non-ortho nitro benzene ring substituents is 1. The maximum Gasteiger partial charge on any atom is 0.269 e. The Kier molecular flexibility index (Phi) is 5.31. The number of rotatable bonds is 5. The zero-order valence-electron chi connectivity index (χ0n) is 12.0. The standard InChI is InChI=1S/C13H21N5O2/c1-13(2,3)17-12(14)16-9-8-15-10-4-6-11(7-5-10)18(19)20/h4-7,15H,8-9H2,1-3H3,(H3,14,16,17). The van der Waals surface area contributed by atoms with Gasteiger partial charge in [0.2, 0.25) is 0 Å². The molecule has 0 aromatic heterocycles. The first-order valence-corrected chi connectivity index (χ1v) is 6.34. The highest BCUT2D eigenvalue weighted by Crippen LogP contribution is 2.14. The zero-order chi connectivity index (χ0) is 15.2. The molecule has 1 rings (SSSR count). The van der Waals surface area contributed by atoms with Crippen molar-refractivity contribution in [1.29, 1.82) is 0 Å². The Morgan fingerprint density at radius 3 is 2.45 bits per heavy atom. The molecule has 4 N–H and O–H groups in total. The molecule has 7 heteroatoms. The van der Waals surface area contributed by atoms with Crippen LogP contribution in [0.4, 0.5) is 11.4 Å². The maximum absolute atomic E-state index is 10.5. The van der Waals surface area contributed by atoms with Crippen LogP contribution >= 0.6 is 0 Å². The Bertz CT molecular complexity index is 477. The molecule has 0 saturated carbocycles. The number of nitrogens with zero attached hydrogens (tertiary/aromatic N) is 2. The van der Waals surface area contributed by atoms with Crippen LogP contribution in [0.1, 0.15) is 20.8 Å². The first kappa shape index (κ1) is 15.7. The number of benzene rings is 1. The number of nitrogens with two attached hydrogens (primary N) is 1. The van der Waals surface area contributed by atoms with E-state index in [1.807, 2.05) is 20.8 Å². The van der Waals surface area contributed by atoms with Gasteiger partial charge in [0.15, 0.2) is 5.96 Å². The Labute approximate surface area is 118 Å². The van der Waals surface area contributed by atoms with E-state index in [4.69, 9.17) is 5.73 Å². The highest BCUT2D eigenvalue weighted by atomic mass is 16.6. The van der Waals surface area contributed by atoms with Crippen molar-refractivity contribution >= 4 is 17.3 Å². The quantitative estimate of drug-likeness (QED) is 0.250. The molecule has 0 aliphatic rings. The Hall–Kier alpha value is -2.31. The average molecular weight is 279 g/mol. The van der Waals surface area contributed by atoms with Crippen LogP contribution in [0.5, 0.6) is 0 Å². The number of nitro groups is 1. The summed E-state index contributed by atoms with van der Waals surface area (Å²) in [6.45, 7) is 7.13. The lowest BCUT2D eigenvalue weighted by Crippen LogP contribution is -2.45. The van der Waals surface area contributed by atoms with Crippen LogP contribution < -0.4 is 16.4 Å². The summed E-state index contributed by atoms with van der Waals surface area (Å²) < 4.78 is 0. The minimum absolute atomic E-state index is 0.0761. The van der Waals surface area contributed by atoms with Crippen molar-refractivity contribution in [2.75, 3.05) is 18.4 Å². The molecule has 0 aliphatic carbocycles. The predicted molar refractivity (Wildman–Crippen MR) is 81.0 cm³/mol. The third-order valence-corrected chi connectivity index (χ3v) is 2.30. The Morgan fingerprint density at radius 1 is 1.35 bits per heavy atom. The number of nitro benzene ring substituents is 1. The average Bonchev–Trinajstić information content (AvgIpc) is 2.33. The van der Waals surface area contributed by atoms with E-state index in [2.05, 4.69) is 15.6 Å². The summed E-state index contributed by atoms with van der Waals surface area (Å²) in [5, 5.41) is 16.7. The largest absolute Gasteiger partial charge is 0.383 e. The van der Waals surface area contributed by atoms with Gasteiger partial charge in [-0.05, 0) is 32.9 Å². The summed E-state index contributed by atoms with van der Waals surface area (Å²) in [4.78, 5) is 14.3. The van der Waals surface area contributed by atoms with Crippen molar-refractivity contribution in [2.24, 2.45) is 10.7 Å². The van der Waals surface area contributed by atoms with E-state index in [9.17, 15) is 10.1 Å². The molecule has 7 nitrogen and oxygen atoms in total. The van der Waals surface area contributed by atoms with Crippen LogP contribution in [0, 0.1) is 10.1 Å². The van der Waals surface area contributed by atoms with Crippen molar-refractivity contribution in [3.8, 4) is 0 Å². The van der Waals surface area contributed by atoms with Crippen molar-refractivity contribution in [1.82, 2.24) is 5.32 Å². The molecule has 110 valence electrons. The van der Waals surface area contributed by atoms with Gasteiger partial charge in [0.25, 0.3) is 5.69 Å². The minimum atomic E-state index is -0.424. The molecule has 0 bridgehead atoms. The van der Waals surface area contributed by atoms with Gasteiger partial charge in [-0.25, -0.2) is 0 Å². The van der Waals surface area contributed by atoms with Gasteiger partial charge < -0.3 is 16.4 Å². The van der Waals surface area contributed by atoms with E-state index in [0.717, 1.165) is 5.69 Å². The highest BCUT2D eigenvalue weighted by Gasteiger charge is 2.09. The van der Waals surface area contributed by atoms with Crippen LogP contribution in [0.15, 0.2) is 29.3 Å². The summed E-state index contributed by atoms with van der Waals surface area (Å²) >= 11 is 0. The van der Waals surface area contributed by atoms with Crippen molar-refractivity contribution in [3.63, 3.8) is 0 Å². The van der Waals surface area contributed by atoms with E-state index >= 15 is 0 Å². The van der Waals surface area contributed by atoms with Crippen LogP contribution in [0.2, 0.25) is 0 Å². The summed E-state index contributed by atoms with van der Waals surface area (Å²) in [5.74, 6) is 0.406. The van der Waals surface area contributed by atoms with Gasteiger partial charge in [0.05, 0.1) is 11.5 Å². The summed E-state index contributed by atoms with van der Waals surface area (Å²) in [7, 11) is 0. The number of nitrogens with one attached hydrogen (secondary N) is 2. The number of hydrogen-bond donors (Lipinski definition) is 3. The molecule has 0 unspecified atom stereocenters. The van der Waals surface area contributed by atoms with Gasteiger partial charge in [-0.1, -0.05) is 0 Å². The third kappa shape index (κ3) is 6.03. The fourth-order valence-electron chi connectivity index (χ4n) is 1.50. The predicted octanol–water partition coefficient (Wildman–Crippen LogP) is 1.71. The van der Waals surface area contributed by atoms with Gasteiger partial charge >= 0.3 is 0 Å². The number of hydrogen-bond acceptors (Lipinski definition) is 4. The zero-order valence-corrected chi connectivity index (χ0v) is 12.0. The molecule has 0 atom stereocenters. The van der Waals surface area contributed by atoms with Crippen LogP contribution in [-0.2, 0) is 0 Å². The van der Waals surface area contributed by atoms with Crippen molar-refractivity contribution < 1.29 is 4.92 Å². The smallest absolute Gasteiger partial charge is 0.269 e. The number of aliphatic imine (C=N–C) groups is 1. The van der Waals surface area contributed by atoms with E-state index in [0.29, 0.717) is 19.0 Å². The summed E-state index contributed by atoms with van der Waals surface area (Å²) in [6, 6.07) is 6.25. The van der Waals surface area contributed by atoms with Crippen molar-refractivity contribution in [2.45, 2.75) is 26.3 Å². The van der Waals surface area contributed by atoms with E-state index in [-0.39, 0.29) is 11.2 Å². The molecule has 20 heavy (non-hydrogen) atoms. The molecule has 0 amide bonds. The fraction of sp³-hybridized carbons (Fsp3) is 0.462. The molecule has 1 aromatic carbocycles. The monoisotopic (exact) mass is 279 g/mol. The van der Waals surface area contributed by atoms with E-state index < -0.39 is 4.92 Å². The SMILES string of the molecule is CC(C)(C)NC(N)=NCCNc1ccc([N+](=O)[O-])cc1. The van der Waals surface area contributed by atoms with Gasteiger partial charge in [-0.15, -0.1) is 0 Å². The second-order valence-electron chi connectivity index (χ2n) is 5.37. The van der Waals surface area contributed by atoms with Crippen LogP contribution in [0.3, 0.4) is 0 Å². The van der Waals surface area contributed by atoms with Crippen LogP contribution in [0.25, 0.3) is 0 Å². The van der Waals surface area contributed by atoms with E-state index in [1.165, 1.54) is 12.1 Å². The Balaban J connectivity index is 2.37. The second kappa shape index (κ2) is 6.74. The molecule has 0 spiro atoms. The molecule has 0 radical (unpaired) electrons. The molecule has 0 heterocycles. The molecular formula is C13H21N5O2. The van der Waals surface area contributed by atoms with Gasteiger partial charge in [-0.2, -0.15) is 0 Å². The molecule has 1 aromatic rings. The highest BCUT2D eigenvalue weighted by molar-refractivity contribution is 5.78. The lowest BCUT2D eigenvalue weighted by Gasteiger charge is -2.21. The van der Waals surface area contributed by atoms with E-state index in [1.54, 1.807) is 12.1 Å². The van der Waals surface area contributed by atoms with Gasteiger partial charge in [0, 0.05) is 29.9 Å². The second-order valence-corrected chi connectivity index (χ2v) is 5.37. The first-order valence-electron chi connectivity index (χ1n) is 6.34. The minimum Gasteiger partial charge on any atom is -0.383 e. The van der Waals surface area contributed by atoms with Crippen molar-refractivity contribution in [3.05, 3.63) is 34.4 Å². The normalized spacial score (nSPS) is 12.1. The molecule has 0 fully saturated rings. The van der Waals surface area contributed by atoms with Gasteiger partial charge in [0.1, 0.15) is 0 Å². The third-order valence-electron chi connectivity index (χ3n) is 2.30. The fourth-order valence-corrected chi connectivity index (χ4v) is 1.50. The lowest BCUT2D eigenvalue weighted by atomic mass is 10.1. The molecule has 0 aliphatic heterocycles. The lowest BCUT2D eigenvalue weighted by molar-refractivity contribution is -0.384. The summed E-state index contributed by atoms with van der Waals surface area (Å²) in [6.07, 6.45) is 0. The molecule has 0 saturated heterocycles.